The molecule has 3 aliphatic rings. The van der Waals surface area contributed by atoms with E-state index in [0.717, 1.165) is 25.9 Å². The number of carbonyl (C=O) groups is 1. The first-order valence-corrected chi connectivity index (χ1v) is 13.7. The lowest BCUT2D eigenvalue weighted by atomic mass is 10.1. The van der Waals surface area contributed by atoms with Crippen LogP contribution in [0.4, 0.5) is 10.2 Å². The standard InChI is InChI=1S/C28H30ClFN6O3/c1-3-21(37)34-12-13-35-18(14-34)16-39-25-22-26(31-24(23(25)29)19-9-5-6-10-20(19)30)36(28(38)32-27(22)35)15-17-8-7-11-33(17)4-2/h3,5-6,9-10,17-18H,1,4,7-8,11-16H2,2H3/t17-,18+/m0/s1. The van der Waals surface area contributed by atoms with Gasteiger partial charge in [0.05, 0.1) is 11.7 Å². The molecule has 1 amide bonds. The second-order valence-electron chi connectivity index (χ2n) is 10.2. The Morgan fingerprint density at radius 1 is 1.26 bits per heavy atom. The van der Waals surface area contributed by atoms with Crippen LogP contribution >= 0.6 is 11.6 Å². The number of likely N-dealkylation sites (N-methyl/N-ethyl adjacent to an activating group) is 1. The average molecular weight is 553 g/mol. The van der Waals surface area contributed by atoms with Crippen LogP contribution in [0, 0.1) is 5.82 Å². The molecular formula is C28H30ClFN6O3. The SMILES string of the molecule is C=CC(=O)N1CCN2c3nc(=O)n(C[C@@H]4CCCN4CC)c4nc(-c5ccccc5F)c(Cl)c(c34)OC[C@H]2C1. The number of ether oxygens (including phenoxy) is 1. The number of hydrogen-bond donors (Lipinski definition) is 0. The summed E-state index contributed by atoms with van der Waals surface area (Å²) < 4.78 is 22.9. The third kappa shape index (κ3) is 4.35. The minimum atomic E-state index is -0.473. The zero-order valence-electron chi connectivity index (χ0n) is 21.8. The first-order valence-electron chi connectivity index (χ1n) is 13.3. The molecule has 3 aliphatic heterocycles. The highest BCUT2D eigenvalue weighted by Crippen LogP contribution is 2.45. The van der Waals surface area contributed by atoms with Crippen molar-refractivity contribution in [1.82, 2.24) is 24.3 Å². The van der Waals surface area contributed by atoms with E-state index >= 15 is 0 Å². The van der Waals surface area contributed by atoms with Crippen LogP contribution in [0.25, 0.3) is 22.3 Å². The predicted octanol–water partition coefficient (Wildman–Crippen LogP) is 3.33. The Balaban J connectivity index is 1.56. The van der Waals surface area contributed by atoms with E-state index in [1.165, 1.54) is 12.1 Å². The highest BCUT2D eigenvalue weighted by atomic mass is 35.5. The summed E-state index contributed by atoms with van der Waals surface area (Å²) in [7, 11) is 0. The van der Waals surface area contributed by atoms with E-state index in [9.17, 15) is 14.0 Å². The van der Waals surface area contributed by atoms with Crippen LogP contribution < -0.4 is 15.3 Å². The van der Waals surface area contributed by atoms with Crippen molar-refractivity contribution in [3.05, 3.63) is 58.2 Å². The summed E-state index contributed by atoms with van der Waals surface area (Å²) in [5, 5.41) is 0.697. The molecule has 0 N–H and O–H groups in total. The number of piperazine rings is 1. The second-order valence-corrected chi connectivity index (χ2v) is 10.6. The van der Waals surface area contributed by atoms with Gasteiger partial charge in [-0.2, -0.15) is 4.98 Å². The molecule has 5 heterocycles. The van der Waals surface area contributed by atoms with E-state index in [1.807, 2.05) is 4.90 Å². The van der Waals surface area contributed by atoms with Crippen LogP contribution in [0.15, 0.2) is 41.7 Å². The maximum absolute atomic E-state index is 15.0. The van der Waals surface area contributed by atoms with Crippen molar-refractivity contribution in [2.45, 2.75) is 38.4 Å². The fourth-order valence-electron chi connectivity index (χ4n) is 6.08. The lowest BCUT2D eigenvalue weighted by molar-refractivity contribution is -0.126. The van der Waals surface area contributed by atoms with E-state index in [-0.39, 0.29) is 40.9 Å². The van der Waals surface area contributed by atoms with E-state index in [1.54, 1.807) is 27.7 Å². The molecule has 0 bridgehead atoms. The molecule has 39 heavy (non-hydrogen) atoms. The number of aromatic nitrogens is 3. The van der Waals surface area contributed by atoms with Gasteiger partial charge in [-0.05, 0) is 44.1 Å². The molecule has 0 spiro atoms. The molecule has 0 aliphatic carbocycles. The number of halogens is 2. The Labute approximate surface area is 230 Å². The molecule has 11 heteroatoms. The fourth-order valence-corrected chi connectivity index (χ4v) is 6.37. The highest BCUT2D eigenvalue weighted by Gasteiger charge is 2.37. The molecule has 204 valence electrons. The fraction of sp³-hybridized carbons (Fsp3) is 0.429. The van der Waals surface area contributed by atoms with Crippen LogP contribution in [0.1, 0.15) is 19.8 Å². The number of amides is 1. The van der Waals surface area contributed by atoms with Gasteiger partial charge < -0.3 is 14.5 Å². The van der Waals surface area contributed by atoms with Crippen molar-refractivity contribution in [2.24, 2.45) is 0 Å². The summed E-state index contributed by atoms with van der Waals surface area (Å²) in [6, 6.07) is 6.18. The first kappa shape index (κ1) is 25.8. The molecule has 1 aromatic carbocycles. The average Bonchev–Trinajstić information content (AvgIpc) is 3.34. The molecule has 0 saturated carbocycles. The number of likely N-dealkylation sites (tertiary alicyclic amines) is 1. The van der Waals surface area contributed by atoms with Gasteiger partial charge in [0, 0.05) is 37.8 Å². The van der Waals surface area contributed by atoms with Gasteiger partial charge in [0.1, 0.15) is 28.7 Å². The molecule has 0 unspecified atom stereocenters. The molecule has 2 saturated heterocycles. The largest absolute Gasteiger partial charge is 0.489 e. The van der Waals surface area contributed by atoms with Crippen molar-refractivity contribution >= 4 is 34.4 Å². The van der Waals surface area contributed by atoms with Gasteiger partial charge in [-0.1, -0.05) is 37.2 Å². The predicted molar refractivity (Wildman–Crippen MR) is 148 cm³/mol. The third-order valence-corrected chi connectivity index (χ3v) is 8.43. The minimum absolute atomic E-state index is 0.161. The van der Waals surface area contributed by atoms with Crippen LogP contribution in [0.3, 0.4) is 0 Å². The van der Waals surface area contributed by atoms with Crippen molar-refractivity contribution in [3.63, 3.8) is 0 Å². The van der Waals surface area contributed by atoms with E-state index < -0.39 is 11.5 Å². The molecule has 2 aromatic heterocycles. The summed E-state index contributed by atoms with van der Waals surface area (Å²) in [6.07, 6.45) is 3.31. The summed E-state index contributed by atoms with van der Waals surface area (Å²) >= 11 is 6.91. The summed E-state index contributed by atoms with van der Waals surface area (Å²) in [5.41, 5.74) is 0.383. The molecule has 6 rings (SSSR count). The van der Waals surface area contributed by atoms with E-state index in [4.69, 9.17) is 21.3 Å². The van der Waals surface area contributed by atoms with Gasteiger partial charge in [-0.3, -0.25) is 14.3 Å². The molecule has 0 radical (unpaired) electrons. The van der Waals surface area contributed by atoms with E-state index in [2.05, 4.69) is 23.4 Å². The molecule has 2 fully saturated rings. The van der Waals surface area contributed by atoms with Crippen molar-refractivity contribution < 1.29 is 13.9 Å². The minimum Gasteiger partial charge on any atom is -0.489 e. The number of rotatable bonds is 5. The molecule has 3 aromatic rings. The maximum atomic E-state index is 15.0. The lowest BCUT2D eigenvalue weighted by Crippen LogP contribution is -2.56. The number of carbonyl (C=O) groups excluding carboxylic acids is 1. The number of fused-ring (bicyclic) bond motifs is 2. The third-order valence-electron chi connectivity index (χ3n) is 8.08. The van der Waals surface area contributed by atoms with Gasteiger partial charge in [0.2, 0.25) is 5.91 Å². The van der Waals surface area contributed by atoms with Gasteiger partial charge in [-0.25, -0.2) is 14.2 Å². The lowest BCUT2D eigenvalue weighted by Gasteiger charge is -2.40. The zero-order valence-corrected chi connectivity index (χ0v) is 22.5. The maximum Gasteiger partial charge on any atom is 0.351 e. The molecule has 2 atom stereocenters. The van der Waals surface area contributed by atoms with Crippen LogP contribution in [-0.2, 0) is 11.3 Å². The highest BCUT2D eigenvalue weighted by molar-refractivity contribution is 6.36. The van der Waals surface area contributed by atoms with Crippen LogP contribution in [0.2, 0.25) is 5.02 Å². The normalized spacial score (nSPS) is 21.0. The Morgan fingerprint density at radius 3 is 2.85 bits per heavy atom. The Hall–Kier alpha value is -3.50. The van der Waals surface area contributed by atoms with Gasteiger partial charge in [0.25, 0.3) is 0 Å². The van der Waals surface area contributed by atoms with E-state index in [0.29, 0.717) is 48.8 Å². The summed E-state index contributed by atoms with van der Waals surface area (Å²) in [4.78, 5) is 41.5. The number of anilines is 1. The zero-order chi connectivity index (χ0) is 27.3. The number of pyridine rings is 1. The second kappa shape index (κ2) is 10.2. The monoisotopic (exact) mass is 552 g/mol. The van der Waals surface area contributed by atoms with Crippen molar-refractivity contribution in [3.8, 4) is 17.0 Å². The number of hydrogen-bond acceptors (Lipinski definition) is 7. The Kier molecular flexibility index (Phi) is 6.76. The first-order chi connectivity index (χ1) is 18.9. The quantitative estimate of drug-likeness (QED) is 0.449. The number of nitrogens with zero attached hydrogens (tertiary/aromatic N) is 6. The smallest absolute Gasteiger partial charge is 0.351 e. The topological polar surface area (TPSA) is 83.8 Å². The van der Waals surface area contributed by atoms with Gasteiger partial charge in [-0.15, -0.1) is 0 Å². The van der Waals surface area contributed by atoms with Crippen molar-refractivity contribution in [2.75, 3.05) is 44.2 Å². The van der Waals surface area contributed by atoms with Gasteiger partial charge >= 0.3 is 5.69 Å². The molecule has 9 nitrogen and oxygen atoms in total. The van der Waals surface area contributed by atoms with Crippen molar-refractivity contribution in [1.29, 1.82) is 0 Å². The number of benzene rings is 1. The Bertz CT molecular complexity index is 1530. The summed E-state index contributed by atoms with van der Waals surface area (Å²) in [6.45, 7) is 9.46. The Morgan fingerprint density at radius 2 is 2.08 bits per heavy atom. The summed E-state index contributed by atoms with van der Waals surface area (Å²) in [5.74, 6) is 0.122. The molecular weight excluding hydrogens is 523 g/mol. The van der Waals surface area contributed by atoms with Gasteiger partial charge in [0.15, 0.2) is 11.4 Å². The van der Waals surface area contributed by atoms with Crippen LogP contribution in [0.5, 0.6) is 5.75 Å². The van der Waals surface area contributed by atoms with Crippen LogP contribution in [-0.4, -0.2) is 81.7 Å².